The van der Waals surface area contributed by atoms with Gasteiger partial charge >= 0.3 is 0 Å². The molecule has 1 aromatic heterocycles. The molecule has 0 aliphatic rings. The Hall–Kier alpha value is -0.150. The molecule has 0 saturated carbocycles. The van der Waals surface area contributed by atoms with Crippen LogP contribution in [0.5, 0.6) is 0 Å². The lowest BCUT2D eigenvalue weighted by atomic mass is 9.98. The Kier molecular flexibility index (Phi) is 2.21. The maximum absolute atomic E-state index is 12.6. The fraction of sp³-hybridized carbons (Fsp3) is 0.571. The molecule has 0 fully saturated rings. The summed E-state index contributed by atoms with van der Waals surface area (Å²) in [7, 11) is 0. The van der Waals surface area contributed by atoms with Gasteiger partial charge < -0.3 is 0 Å². The van der Waals surface area contributed by atoms with Gasteiger partial charge in [-0.3, -0.25) is 0 Å². The van der Waals surface area contributed by atoms with Crippen LogP contribution in [-0.2, 0) is 5.41 Å². The Morgan fingerprint density at radius 1 is 1.45 bits per heavy atom. The second-order valence-corrected chi connectivity index (χ2v) is 4.93. The average Bonchev–Trinajstić information content (AvgIpc) is 2.11. The van der Waals surface area contributed by atoms with E-state index in [0.717, 1.165) is 5.01 Å². The summed E-state index contributed by atoms with van der Waals surface area (Å²) in [5.41, 5.74) is -0.112. The van der Waals surface area contributed by atoms with Gasteiger partial charge in [0.2, 0.25) is 5.95 Å². The Labute approximate surface area is 74.2 Å². The second-order valence-electron chi connectivity index (χ2n) is 3.33. The van der Waals surface area contributed by atoms with Crippen molar-refractivity contribution in [3.63, 3.8) is 0 Å². The summed E-state index contributed by atoms with van der Waals surface area (Å²) in [5, 5.41) is 0.736. The fourth-order valence-electron chi connectivity index (χ4n) is 0.604. The van der Waals surface area contributed by atoms with Crippen LogP contribution in [0.2, 0.25) is 4.34 Å². The zero-order chi connectivity index (χ0) is 8.65. The number of rotatable bonds is 0. The SMILES string of the molecule is CC(C)(C)c1nc(F)c(Cl)s1. The van der Waals surface area contributed by atoms with Gasteiger partial charge in [0, 0.05) is 5.41 Å². The molecule has 0 spiro atoms. The first-order valence-corrected chi connectivity index (χ1v) is 4.43. The molecule has 0 aliphatic heterocycles. The van der Waals surface area contributed by atoms with Crippen LogP contribution in [0.3, 0.4) is 0 Å². The molecule has 0 atom stereocenters. The highest BCUT2D eigenvalue weighted by Gasteiger charge is 2.20. The van der Waals surface area contributed by atoms with E-state index in [-0.39, 0.29) is 9.75 Å². The van der Waals surface area contributed by atoms with Crippen molar-refractivity contribution in [2.45, 2.75) is 26.2 Å². The molecule has 0 saturated heterocycles. The van der Waals surface area contributed by atoms with Gasteiger partial charge in [-0.25, -0.2) is 4.98 Å². The first-order chi connectivity index (χ1) is 4.91. The molecule has 0 aliphatic carbocycles. The van der Waals surface area contributed by atoms with Crippen LogP contribution >= 0.6 is 22.9 Å². The monoisotopic (exact) mass is 193 g/mol. The van der Waals surface area contributed by atoms with Gasteiger partial charge in [-0.15, -0.1) is 11.3 Å². The van der Waals surface area contributed by atoms with Crippen molar-refractivity contribution in [3.8, 4) is 0 Å². The Balaban J connectivity index is 3.08. The minimum atomic E-state index is -0.554. The molecule has 11 heavy (non-hydrogen) atoms. The third kappa shape index (κ3) is 1.91. The molecular formula is C7H9ClFNS. The molecule has 0 N–H and O–H groups in total. The van der Waals surface area contributed by atoms with Crippen molar-refractivity contribution in [2.75, 3.05) is 0 Å². The van der Waals surface area contributed by atoms with Gasteiger partial charge in [-0.1, -0.05) is 32.4 Å². The van der Waals surface area contributed by atoms with Gasteiger partial charge in [0.15, 0.2) is 0 Å². The smallest absolute Gasteiger partial charge is 0.211 e. The highest BCUT2D eigenvalue weighted by Crippen LogP contribution is 2.31. The maximum Gasteiger partial charge on any atom is 0.242 e. The molecule has 4 heteroatoms. The average molecular weight is 194 g/mol. The van der Waals surface area contributed by atoms with Crippen LogP contribution in [0.15, 0.2) is 0 Å². The lowest BCUT2D eigenvalue weighted by Gasteiger charge is -2.12. The van der Waals surface area contributed by atoms with Gasteiger partial charge in [-0.2, -0.15) is 4.39 Å². The van der Waals surface area contributed by atoms with E-state index in [9.17, 15) is 4.39 Å². The van der Waals surface area contributed by atoms with Crippen LogP contribution in [0.25, 0.3) is 0 Å². The number of hydrogen-bond donors (Lipinski definition) is 0. The predicted octanol–water partition coefficient (Wildman–Crippen LogP) is 3.23. The van der Waals surface area contributed by atoms with E-state index in [2.05, 4.69) is 4.98 Å². The Morgan fingerprint density at radius 2 is 2.00 bits per heavy atom. The molecule has 1 nitrogen and oxygen atoms in total. The summed E-state index contributed by atoms with van der Waals surface area (Å²) in [6, 6.07) is 0. The Morgan fingerprint density at radius 3 is 2.18 bits per heavy atom. The number of thiazole rings is 1. The van der Waals surface area contributed by atoms with Crippen LogP contribution < -0.4 is 0 Å². The summed E-state index contributed by atoms with van der Waals surface area (Å²) < 4.78 is 12.8. The predicted molar refractivity (Wildman–Crippen MR) is 45.8 cm³/mol. The lowest BCUT2D eigenvalue weighted by molar-refractivity contribution is 0.544. The van der Waals surface area contributed by atoms with Gasteiger partial charge in [0.1, 0.15) is 9.34 Å². The van der Waals surface area contributed by atoms with Crippen molar-refractivity contribution >= 4 is 22.9 Å². The molecule has 1 rings (SSSR count). The van der Waals surface area contributed by atoms with Crippen molar-refractivity contribution in [1.82, 2.24) is 4.98 Å². The first kappa shape index (κ1) is 8.94. The zero-order valence-corrected chi connectivity index (χ0v) is 8.18. The fourth-order valence-corrected chi connectivity index (χ4v) is 1.60. The standard InChI is InChI=1S/C7H9ClFNS/c1-7(2,3)6-10-5(9)4(8)11-6/h1-3H3. The van der Waals surface area contributed by atoms with Crippen molar-refractivity contribution in [2.24, 2.45) is 0 Å². The van der Waals surface area contributed by atoms with Gasteiger partial charge in [0.25, 0.3) is 0 Å². The van der Waals surface area contributed by atoms with E-state index in [1.165, 1.54) is 11.3 Å². The molecule has 0 radical (unpaired) electrons. The zero-order valence-electron chi connectivity index (χ0n) is 6.61. The van der Waals surface area contributed by atoms with E-state index < -0.39 is 5.95 Å². The van der Waals surface area contributed by atoms with Crippen LogP contribution in [0.1, 0.15) is 25.8 Å². The largest absolute Gasteiger partial charge is 0.242 e. The van der Waals surface area contributed by atoms with E-state index >= 15 is 0 Å². The summed E-state index contributed by atoms with van der Waals surface area (Å²) in [5.74, 6) is -0.554. The normalized spacial score (nSPS) is 12.1. The first-order valence-electron chi connectivity index (χ1n) is 3.23. The minimum Gasteiger partial charge on any atom is -0.211 e. The number of nitrogens with zero attached hydrogens (tertiary/aromatic N) is 1. The molecule has 1 heterocycles. The highest BCUT2D eigenvalue weighted by atomic mass is 35.5. The topological polar surface area (TPSA) is 12.9 Å². The lowest BCUT2D eigenvalue weighted by Crippen LogP contribution is -2.10. The molecule has 0 bridgehead atoms. The molecule has 0 amide bonds. The molecule has 0 unspecified atom stereocenters. The van der Waals surface area contributed by atoms with Crippen molar-refractivity contribution in [3.05, 3.63) is 15.3 Å². The quantitative estimate of drug-likeness (QED) is 0.617. The van der Waals surface area contributed by atoms with E-state index in [4.69, 9.17) is 11.6 Å². The van der Waals surface area contributed by atoms with Crippen molar-refractivity contribution < 1.29 is 4.39 Å². The highest BCUT2D eigenvalue weighted by molar-refractivity contribution is 7.16. The molecule has 0 aromatic carbocycles. The minimum absolute atomic E-state index is 0.112. The van der Waals surface area contributed by atoms with Crippen LogP contribution in [-0.4, -0.2) is 4.98 Å². The van der Waals surface area contributed by atoms with Gasteiger partial charge in [0.05, 0.1) is 0 Å². The molecular weight excluding hydrogens is 185 g/mol. The second kappa shape index (κ2) is 2.72. The third-order valence-corrected chi connectivity index (χ3v) is 2.82. The van der Waals surface area contributed by atoms with Crippen molar-refractivity contribution in [1.29, 1.82) is 0 Å². The summed E-state index contributed by atoms with van der Waals surface area (Å²) in [4.78, 5) is 3.70. The number of hydrogen-bond acceptors (Lipinski definition) is 2. The summed E-state index contributed by atoms with van der Waals surface area (Å²) in [6.07, 6.45) is 0. The van der Waals surface area contributed by atoms with Crippen LogP contribution in [0, 0.1) is 5.95 Å². The number of halogens is 2. The van der Waals surface area contributed by atoms with Crippen LogP contribution in [0.4, 0.5) is 4.39 Å². The third-order valence-electron chi connectivity index (χ3n) is 1.19. The van der Waals surface area contributed by atoms with E-state index in [0.29, 0.717) is 0 Å². The summed E-state index contributed by atoms with van der Waals surface area (Å²) >= 11 is 6.72. The van der Waals surface area contributed by atoms with E-state index in [1.807, 2.05) is 20.8 Å². The maximum atomic E-state index is 12.6. The van der Waals surface area contributed by atoms with Gasteiger partial charge in [-0.05, 0) is 0 Å². The van der Waals surface area contributed by atoms with E-state index in [1.54, 1.807) is 0 Å². The number of aromatic nitrogens is 1. The summed E-state index contributed by atoms with van der Waals surface area (Å²) in [6.45, 7) is 5.92. The molecule has 62 valence electrons. The Bertz CT molecular complexity index is 244. The molecule has 1 aromatic rings.